The Morgan fingerprint density at radius 1 is 1.12 bits per heavy atom. The number of nitrogens with one attached hydrogen (secondary N) is 1. The van der Waals surface area contributed by atoms with E-state index in [1.165, 1.54) is 18.4 Å². The third kappa shape index (κ3) is 2.59. The first kappa shape index (κ1) is 19.9. The highest BCUT2D eigenvalue weighted by Crippen LogP contribution is 2.65. The van der Waals surface area contributed by atoms with Crippen molar-refractivity contribution in [2.45, 2.75) is 67.7 Å². The molecule has 0 radical (unpaired) electrons. The van der Waals surface area contributed by atoms with Crippen molar-refractivity contribution < 1.29 is 19.7 Å². The van der Waals surface area contributed by atoms with Crippen LogP contribution in [-0.4, -0.2) is 57.9 Å². The summed E-state index contributed by atoms with van der Waals surface area (Å²) in [5.74, 6) is 1.29. The first-order chi connectivity index (χ1) is 16.0. The number of nitrogens with zero attached hydrogens (tertiary/aromatic N) is 1. The van der Waals surface area contributed by atoms with Crippen molar-refractivity contribution in [3.63, 3.8) is 0 Å². The van der Waals surface area contributed by atoms with Gasteiger partial charge in [0, 0.05) is 23.7 Å². The van der Waals surface area contributed by atoms with Crippen LogP contribution in [0.15, 0.2) is 42.5 Å². The molecule has 1 spiro atoms. The Morgan fingerprint density at radius 2 is 1.94 bits per heavy atom. The maximum atomic E-state index is 13.0. The van der Waals surface area contributed by atoms with E-state index in [1.54, 1.807) is 6.07 Å². The average molecular weight is 447 g/mol. The van der Waals surface area contributed by atoms with Gasteiger partial charge < -0.3 is 20.3 Å². The van der Waals surface area contributed by atoms with Crippen molar-refractivity contribution in [2.24, 2.45) is 5.92 Å². The number of phenolic OH excluding ortho intramolecular Hbond substituents is 1. The molecule has 0 unspecified atom stereocenters. The van der Waals surface area contributed by atoms with Gasteiger partial charge in [0.1, 0.15) is 6.10 Å². The molecule has 2 saturated carbocycles. The normalized spacial score (nSPS) is 36.1. The minimum Gasteiger partial charge on any atom is -0.504 e. The third-order valence-electron chi connectivity index (χ3n) is 9.12. The molecule has 2 aromatic rings. The number of benzene rings is 2. The maximum Gasteiger partial charge on any atom is 0.251 e. The Morgan fingerprint density at radius 3 is 2.73 bits per heavy atom. The van der Waals surface area contributed by atoms with Crippen molar-refractivity contribution in [3.05, 3.63) is 59.2 Å². The van der Waals surface area contributed by atoms with Crippen molar-refractivity contribution in [1.82, 2.24) is 10.2 Å². The molecule has 172 valence electrons. The number of carbonyl (C=O) groups excluding carboxylic acids is 1. The highest BCUT2D eigenvalue weighted by atomic mass is 16.5. The monoisotopic (exact) mass is 446 g/mol. The summed E-state index contributed by atoms with van der Waals surface area (Å²) >= 11 is 0. The number of carbonyl (C=O) groups is 1. The third-order valence-corrected chi connectivity index (χ3v) is 9.12. The van der Waals surface area contributed by atoms with Crippen LogP contribution in [0.1, 0.15) is 53.6 Å². The predicted octanol–water partition coefficient (Wildman–Crippen LogP) is 2.75. The number of aliphatic hydroxyl groups is 1. The summed E-state index contributed by atoms with van der Waals surface area (Å²) in [5, 5.41) is 26.4. The number of hydrogen-bond acceptors (Lipinski definition) is 5. The van der Waals surface area contributed by atoms with E-state index in [1.807, 2.05) is 36.4 Å². The first-order valence-corrected chi connectivity index (χ1v) is 12.4. The second kappa shape index (κ2) is 6.73. The Labute approximate surface area is 193 Å². The maximum absolute atomic E-state index is 13.0. The van der Waals surface area contributed by atoms with E-state index >= 15 is 0 Å². The van der Waals surface area contributed by atoms with Gasteiger partial charge in [-0.2, -0.15) is 0 Å². The van der Waals surface area contributed by atoms with Gasteiger partial charge in [0.2, 0.25) is 0 Å². The van der Waals surface area contributed by atoms with Gasteiger partial charge >= 0.3 is 0 Å². The number of hydrogen-bond donors (Lipinski definition) is 3. The summed E-state index contributed by atoms with van der Waals surface area (Å²) in [6.07, 6.45) is 5.02. The van der Waals surface area contributed by atoms with E-state index in [0.717, 1.165) is 37.4 Å². The number of rotatable bonds is 4. The minimum absolute atomic E-state index is 0.0479. The second-order valence-electron chi connectivity index (χ2n) is 10.8. The van der Waals surface area contributed by atoms with E-state index in [2.05, 4.69) is 10.2 Å². The summed E-state index contributed by atoms with van der Waals surface area (Å²) in [4.78, 5) is 15.6. The van der Waals surface area contributed by atoms with Gasteiger partial charge in [-0.3, -0.25) is 9.69 Å². The molecule has 0 aromatic heterocycles. The molecule has 33 heavy (non-hydrogen) atoms. The molecule has 1 amide bonds. The minimum atomic E-state index is -0.926. The molecule has 5 atom stereocenters. The van der Waals surface area contributed by atoms with Gasteiger partial charge in [-0.15, -0.1) is 0 Å². The zero-order valence-electron chi connectivity index (χ0n) is 18.7. The van der Waals surface area contributed by atoms with Crippen LogP contribution in [0, 0.1) is 5.92 Å². The van der Waals surface area contributed by atoms with Crippen LogP contribution in [0.2, 0.25) is 0 Å². The largest absolute Gasteiger partial charge is 0.504 e. The SMILES string of the molecule is O=C(N[C@@H]1CC[C@@]2(O)[C@H]3Cc4ccc(O)c5c4[C@@]2(CCN3CC2CC2)[C@H]1O5)c1ccccc1. The Bertz CT molecular complexity index is 1130. The van der Waals surface area contributed by atoms with Crippen LogP contribution in [-0.2, 0) is 11.8 Å². The predicted molar refractivity (Wildman–Crippen MR) is 122 cm³/mol. The van der Waals surface area contributed by atoms with Gasteiger partial charge in [0.25, 0.3) is 5.91 Å². The number of ether oxygens (including phenoxy) is 1. The summed E-state index contributed by atoms with van der Waals surface area (Å²) in [5.41, 5.74) is 1.26. The summed E-state index contributed by atoms with van der Waals surface area (Å²) in [7, 11) is 0. The van der Waals surface area contributed by atoms with Crippen LogP contribution < -0.4 is 10.1 Å². The zero-order chi connectivity index (χ0) is 22.4. The molecule has 3 fully saturated rings. The molecule has 2 aliphatic heterocycles. The fourth-order valence-electron chi connectivity index (χ4n) is 7.47. The lowest BCUT2D eigenvalue weighted by molar-refractivity contribution is -0.191. The molecule has 1 saturated heterocycles. The van der Waals surface area contributed by atoms with Crippen molar-refractivity contribution in [3.8, 4) is 11.5 Å². The highest BCUT2D eigenvalue weighted by molar-refractivity contribution is 5.94. The summed E-state index contributed by atoms with van der Waals surface area (Å²) in [6, 6.07) is 12.8. The number of phenols is 1. The van der Waals surface area contributed by atoms with E-state index < -0.39 is 17.1 Å². The van der Waals surface area contributed by atoms with Crippen molar-refractivity contribution in [1.29, 1.82) is 0 Å². The van der Waals surface area contributed by atoms with Crippen LogP contribution in [0.3, 0.4) is 0 Å². The molecule has 2 heterocycles. The Balaban J connectivity index is 1.31. The van der Waals surface area contributed by atoms with Gasteiger partial charge in [-0.25, -0.2) is 0 Å². The van der Waals surface area contributed by atoms with Crippen molar-refractivity contribution in [2.75, 3.05) is 13.1 Å². The molecule has 2 aromatic carbocycles. The van der Waals surface area contributed by atoms with Gasteiger partial charge in [-0.1, -0.05) is 24.3 Å². The quantitative estimate of drug-likeness (QED) is 0.673. The Hall–Kier alpha value is -2.57. The molecular formula is C27H30N2O4. The number of piperidine rings is 1. The highest BCUT2D eigenvalue weighted by Gasteiger charge is 2.73. The van der Waals surface area contributed by atoms with Crippen molar-refractivity contribution >= 4 is 5.91 Å². The van der Waals surface area contributed by atoms with Gasteiger partial charge in [0.05, 0.1) is 17.1 Å². The zero-order valence-corrected chi connectivity index (χ0v) is 18.7. The standard InChI is InChI=1S/C27H30N2O4/c30-20-9-8-18-14-21-27(32)11-10-19(28-25(31)17-4-2-1-3-5-17)24-26(27,22(18)23(20)33-24)12-13-29(21)15-16-6-7-16/h1-5,8-9,16,19,21,24,30,32H,6-7,10-15H2,(H,28,31)/t19-,21-,24+,26+,27-/m1/s1. The lowest BCUT2D eigenvalue weighted by atomic mass is 9.48. The molecular weight excluding hydrogens is 416 g/mol. The lowest BCUT2D eigenvalue weighted by Gasteiger charge is -2.64. The van der Waals surface area contributed by atoms with Crippen LogP contribution in [0.4, 0.5) is 0 Å². The van der Waals surface area contributed by atoms with E-state index in [0.29, 0.717) is 24.2 Å². The topological polar surface area (TPSA) is 82.0 Å². The molecule has 7 rings (SSSR count). The second-order valence-corrected chi connectivity index (χ2v) is 10.8. The van der Waals surface area contributed by atoms with Crippen LogP contribution in [0.5, 0.6) is 11.5 Å². The molecule has 6 heteroatoms. The van der Waals surface area contributed by atoms with Gasteiger partial charge in [-0.05, 0) is 74.8 Å². The molecule has 2 bridgehead atoms. The van der Waals surface area contributed by atoms with E-state index in [4.69, 9.17) is 4.74 Å². The van der Waals surface area contributed by atoms with E-state index in [-0.39, 0.29) is 23.7 Å². The number of amides is 1. The van der Waals surface area contributed by atoms with E-state index in [9.17, 15) is 15.0 Å². The summed E-state index contributed by atoms with van der Waals surface area (Å²) in [6.45, 7) is 1.97. The number of likely N-dealkylation sites (tertiary alicyclic amines) is 1. The summed E-state index contributed by atoms with van der Waals surface area (Å²) < 4.78 is 6.51. The number of aromatic hydroxyl groups is 1. The molecule has 3 aliphatic carbocycles. The lowest BCUT2D eigenvalue weighted by Crippen LogP contribution is -2.78. The van der Waals surface area contributed by atoms with Gasteiger partial charge in [0.15, 0.2) is 11.5 Å². The smallest absolute Gasteiger partial charge is 0.251 e. The molecule has 5 aliphatic rings. The van der Waals surface area contributed by atoms with Crippen LogP contribution in [0.25, 0.3) is 0 Å². The average Bonchev–Trinajstić information content (AvgIpc) is 3.56. The Kier molecular flexibility index (Phi) is 4.05. The molecule has 6 nitrogen and oxygen atoms in total. The molecule has 3 N–H and O–H groups in total. The van der Waals surface area contributed by atoms with Crippen LogP contribution >= 0.6 is 0 Å². The first-order valence-electron chi connectivity index (χ1n) is 12.4. The fraction of sp³-hybridized carbons (Fsp3) is 0.519. The fourth-order valence-corrected chi connectivity index (χ4v) is 7.47.